The topological polar surface area (TPSA) is 49.5 Å². The summed E-state index contributed by atoms with van der Waals surface area (Å²) in [7, 11) is 0. The van der Waals surface area contributed by atoms with E-state index >= 15 is 0 Å². The zero-order chi connectivity index (χ0) is 12.5. The second kappa shape index (κ2) is 4.87. The number of piperidine rings is 1. The van der Waals surface area contributed by atoms with Crippen LogP contribution >= 0.6 is 0 Å². The van der Waals surface area contributed by atoms with Gasteiger partial charge in [0, 0.05) is 25.6 Å². The minimum Gasteiger partial charge on any atom is -0.390 e. The van der Waals surface area contributed by atoms with E-state index in [1.165, 1.54) is 19.3 Å². The second-order valence-electron chi connectivity index (χ2n) is 6.90. The minimum atomic E-state index is -0.346. The van der Waals surface area contributed by atoms with Crippen LogP contribution < -0.4 is 5.73 Å². The predicted octanol–water partition coefficient (Wildman–Crippen LogP) is 1.60. The van der Waals surface area contributed by atoms with Gasteiger partial charge in [0.05, 0.1) is 5.60 Å². The first-order chi connectivity index (χ1) is 7.95. The third-order valence-electron chi connectivity index (χ3n) is 4.72. The van der Waals surface area contributed by atoms with Gasteiger partial charge in [0.15, 0.2) is 0 Å². The van der Waals surface area contributed by atoms with Gasteiger partial charge in [0.2, 0.25) is 0 Å². The number of hydrogen-bond donors (Lipinski definition) is 2. The van der Waals surface area contributed by atoms with Gasteiger partial charge in [-0.2, -0.15) is 0 Å². The average Bonchev–Trinajstić information content (AvgIpc) is 2.29. The highest BCUT2D eigenvalue weighted by Crippen LogP contribution is 2.40. The molecule has 0 bridgehead atoms. The van der Waals surface area contributed by atoms with E-state index in [-0.39, 0.29) is 11.0 Å². The van der Waals surface area contributed by atoms with Crippen LogP contribution in [0.5, 0.6) is 0 Å². The Morgan fingerprint density at radius 3 is 2.82 bits per heavy atom. The number of fused-ring (bicyclic) bond motifs is 1. The summed E-state index contributed by atoms with van der Waals surface area (Å²) in [5.74, 6) is 0.499. The molecule has 0 amide bonds. The van der Waals surface area contributed by atoms with Crippen molar-refractivity contribution in [1.82, 2.24) is 4.90 Å². The highest BCUT2D eigenvalue weighted by molar-refractivity contribution is 4.96. The summed E-state index contributed by atoms with van der Waals surface area (Å²) < 4.78 is 0. The van der Waals surface area contributed by atoms with E-state index < -0.39 is 0 Å². The van der Waals surface area contributed by atoms with Gasteiger partial charge in [-0.15, -0.1) is 0 Å². The van der Waals surface area contributed by atoms with Crippen molar-refractivity contribution in [2.45, 2.75) is 51.6 Å². The van der Waals surface area contributed by atoms with E-state index in [9.17, 15) is 5.11 Å². The molecule has 3 nitrogen and oxygen atoms in total. The summed E-state index contributed by atoms with van der Waals surface area (Å²) in [6.45, 7) is 8.37. The van der Waals surface area contributed by atoms with Crippen molar-refractivity contribution in [3.8, 4) is 0 Å². The van der Waals surface area contributed by atoms with Crippen molar-refractivity contribution < 1.29 is 5.11 Å². The smallest absolute Gasteiger partial charge is 0.0700 e. The minimum absolute atomic E-state index is 0.199. The fourth-order valence-electron chi connectivity index (χ4n) is 3.45. The first kappa shape index (κ1) is 13.3. The SMILES string of the molecule is CC(C)(CN)CN1CCC2(O)CCCCC2C1. The van der Waals surface area contributed by atoms with Crippen LogP contribution in [-0.2, 0) is 0 Å². The van der Waals surface area contributed by atoms with Crippen molar-refractivity contribution in [3.63, 3.8) is 0 Å². The molecule has 0 aromatic rings. The normalized spacial score (nSPS) is 35.6. The van der Waals surface area contributed by atoms with E-state index in [1.807, 2.05) is 0 Å². The summed E-state index contributed by atoms with van der Waals surface area (Å²) in [4.78, 5) is 2.51. The zero-order valence-corrected chi connectivity index (χ0v) is 11.4. The molecular formula is C14H28N2O. The van der Waals surface area contributed by atoms with Gasteiger partial charge in [-0.3, -0.25) is 0 Å². The second-order valence-corrected chi connectivity index (χ2v) is 6.90. The summed E-state index contributed by atoms with van der Waals surface area (Å²) in [6, 6.07) is 0. The van der Waals surface area contributed by atoms with Crippen molar-refractivity contribution in [2.24, 2.45) is 17.1 Å². The van der Waals surface area contributed by atoms with Gasteiger partial charge in [-0.05, 0) is 31.2 Å². The highest BCUT2D eigenvalue weighted by atomic mass is 16.3. The molecule has 3 heteroatoms. The van der Waals surface area contributed by atoms with Crippen LogP contribution in [0.2, 0.25) is 0 Å². The molecule has 3 N–H and O–H groups in total. The Kier molecular flexibility index (Phi) is 3.81. The molecule has 1 saturated heterocycles. The molecule has 100 valence electrons. The Bertz CT molecular complexity index is 267. The van der Waals surface area contributed by atoms with Gasteiger partial charge < -0.3 is 15.7 Å². The zero-order valence-electron chi connectivity index (χ0n) is 11.4. The van der Waals surface area contributed by atoms with Crippen molar-refractivity contribution in [1.29, 1.82) is 0 Å². The first-order valence-electron chi connectivity index (χ1n) is 7.10. The molecule has 0 aromatic carbocycles. The molecule has 0 aromatic heterocycles. The number of nitrogens with zero attached hydrogens (tertiary/aromatic N) is 1. The molecule has 1 aliphatic carbocycles. The molecule has 2 aliphatic rings. The van der Waals surface area contributed by atoms with E-state index in [2.05, 4.69) is 18.7 Å². The van der Waals surface area contributed by atoms with Gasteiger partial charge in [0.25, 0.3) is 0 Å². The molecule has 17 heavy (non-hydrogen) atoms. The van der Waals surface area contributed by atoms with Gasteiger partial charge in [-0.1, -0.05) is 26.7 Å². The Labute approximate surface area is 105 Å². The Morgan fingerprint density at radius 1 is 1.35 bits per heavy atom. The Morgan fingerprint density at radius 2 is 2.12 bits per heavy atom. The number of likely N-dealkylation sites (tertiary alicyclic amines) is 1. The molecular weight excluding hydrogens is 212 g/mol. The standard InChI is InChI=1S/C14H28N2O/c1-13(2,10-15)11-16-8-7-14(17)6-4-3-5-12(14)9-16/h12,17H,3-11,15H2,1-2H3. The molecule has 1 heterocycles. The van der Waals surface area contributed by atoms with Gasteiger partial charge in [0.1, 0.15) is 0 Å². The van der Waals surface area contributed by atoms with Crippen molar-refractivity contribution in [2.75, 3.05) is 26.2 Å². The van der Waals surface area contributed by atoms with Gasteiger partial charge >= 0.3 is 0 Å². The van der Waals surface area contributed by atoms with Crippen LogP contribution in [0.1, 0.15) is 46.0 Å². The Balaban J connectivity index is 1.93. The summed E-state index contributed by atoms with van der Waals surface area (Å²) in [6.07, 6.45) is 5.68. The van der Waals surface area contributed by atoms with Crippen LogP contribution in [0.15, 0.2) is 0 Å². The number of nitrogens with two attached hydrogens (primary N) is 1. The van der Waals surface area contributed by atoms with Crippen LogP contribution in [0.4, 0.5) is 0 Å². The number of aliphatic hydroxyl groups is 1. The first-order valence-corrected chi connectivity index (χ1v) is 7.10. The molecule has 0 spiro atoms. The van der Waals surface area contributed by atoms with Crippen molar-refractivity contribution in [3.05, 3.63) is 0 Å². The summed E-state index contributed by atoms with van der Waals surface area (Å²) >= 11 is 0. The van der Waals surface area contributed by atoms with E-state index in [1.54, 1.807) is 0 Å². The van der Waals surface area contributed by atoms with Gasteiger partial charge in [-0.25, -0.2) is 0 Å². The highest BCUT2D eigenvalue weighted by Gasteiger charge is 2.43. The maximum absolute atomic E-state index is 10.6. The average molecular weight is 240 g/mol. The molecule has 1 saturated carbocycles. The molecule has 1 aliphatic heterocycles. The molecule has 2 unspecified atom stereocenters. The molecule has 0 radical (unpaired) electrons. The largest absolute Gasteiger partial charge is 0.390 e. The molecule has 2 rings (SSSR count). The predicted molar refractivity (Wildman–Crippen MR) is 70.8 cm³/mol. The van der Waals surface area contributed by atoms with E-state index in [0.717, 1.165) is 39.0 Å². The lowest BCUT2D eigenvalue weighted by Crippen LogP contribution is -2.55. The third kappa shape index (κ3) is 3.01. The lowest BCUT2D eigenvalue weighted by atomic mass is 9.71. The number of rotatable bonds is 3. The maximum atomic E-state index is 10.6. The van der Waals surface area contributed by atoms with Crippen LogP contribution in [0, 0.1) is 11.3 Å². The van der Waals surface area contributed by atoms with E-state index in [0.29, 0.717) is 5.92 Å². The third-order valence-corrected chi connectivity index (χ3v) is 4.72. The van der Waals surface area contributed by atoms with E-state index in [4.69, 9.17) is 5.73 Å². The fraction of sp³-hybridized carbons (Fsp3) is 1.00. The molecule has 2 fully saturated rings. The van der Waals surface area contributed by atoms with Crippen LogP contribution in [-0.4, -0.2) is 41.8 Å². The van der Waals surface area contributed by atoms with Crippen LogP contribution in [0.25, 0.3) is 0 Å². The maximum Gasteiger partial charge on any atom is 0.0700 e. The van der Waals surface area contributed by atoms with Crippen LogP contribution in [0.3, 0.4) is 0 Å². The quantitative estimate of drug-likeness (QED) is 0.788. The summed E-state index contributed by atoms with van der Waals surface area (Å²) in [5, 5.41) is 10.6. The summed E-state index contributed by atoms with van der Waals surface area (Å²) in [5.41, 5.74) is 5.66. The number of hydrogen-bond acceptors (Lipinski definition) is 3. The lowest BCUT2D eigenvalue weighted by molar-refractivity contribution is -0.0992. The fourth-order valence-corrected chi connectivity index (χ4v) is 3.45. The van der Waals surface area contributed by atoms with Crippen molar-refractivity contribution >= 4 is 0 Å². The molecule has 2 atom stereocenters. The lowest BCUT2D eigenvalue weighted by Gasteiger charge is -2.48. The Hall–Kier alpha value is -0.120. The monoisotopic (exact) mass is 240 g/mol.